The van der Waals surface area contributed by atoms with Gasteiger partial charge in [0, 0.05) is 6.20 Å². The zero-order valence-electron chi connectivity index (χ0n) is 14.2. The average Bonchev–Trinajstić information content (AvgIpc) is 3.16. The Hall–Kier alpha value is -3.16. The van der Waals surface area contributed by atoms with Crippen LogP contribution in [0, 0.1) is 0 Å². The van der Waals surface area contributed by atoms with Gasteiger partial charge in [-0.3, -0.25) is 4.57 Å². The minimum Gasteiger partial charge on any atom is -0.478 e. The van der Waals surface area contributed by atoms with Crippen LogP contribution in [-0.2, 0) is 0 Å². The molecule has 0 amide bonds. The van der Waals surface area contributed by atoms with Crippen LogP contribution in [0.15, 0.2) is 48.7 Å². The van der Waals surface area contributed by atoms with E-state index in [0.717, 1.165) is 11.3 Å². The van der Waals surface area contributed by atoms with Crippen LogP contribution in [0.1, 0.15) is 0 Å². The lowest BCUT2D eigenvalue weighted by Gasteiger charge is -2.15. The number of ether oxygens (including phenoxy) is 3. The summed E-state index contributed by atoms with van der Waals surface area (Å²) >= 11 is 0. The molecule has 0 fully saturated rings. The van der Waals surface area contributed by atoms with Gasteiger partial charge in [-0.1, -0.05) is 30.3 Å². The standard InChI is InChI=1S/C18H17F2N3O3/c1-24-16-15(26-11-14(19)20)17(25-2)22-18(21-16)23-10-6-9-13(23)12-7-4-3-5-8-12/h3-10,14H,11H2,1-2H3. The molecule has 2 heterocycles. The van der Waals surface area contributed by atoms with Crippen LogP contribution < -0.4 is 14.2 Å². The molecule has 0 saturated carbocycles. The topological polar surface area (TPSA) is 58.4 Å². The van der Waals surface area contributed by atoms with Crippen molar-refractivity contribution in [1.29, 1.82) is 0 Å². The fourth-order valence-electron chi connectivity index (χ4n) is 2.45. The first kappa shape index (κ1) is 17.7. The number of rotatable bonds is 7. The predicted octanol–water partition coefficient (Wildman–Crippen LogP) is 3.60. The second-order valence-corrected chi connectivity index (χ2v) is 5.20. The Bertz CT molecular complexity index is 844. The van der Waals surface area contributed by atoms with Gasteiger partial charge in [-0.25, -0.2) is 8.78 Å². The summed E-state index contributed by atoms with van der Waals surface area (Å²) in [5.41, 5.74) is 1.83. The van der Waals surface area contributed by atoms with Gasteiger partial charge in [0.15, 0.2) is 0 Å². The van der Waals surface area contributed by atoms with E-state index in [9.17, 15) is 8.78 Å². The van der Waals surface area contributed by atoms with Crippen molar-refractivity contribution in [1.82, 2.24) is 14.5 Å². The Morgan fingerprint density at radius 3 is 2.19 bits per heavy atom. The molecule has 0 aliphatic heterocycles. The van der Waals surface area contributed by atoms with Gasteiger partial charge >= 0.3 is 0 Å². The first-order valence-electron chi connectivity index (χ1n) is 7.78. The number of benzene rings is 1. The summed E-state index contributed by atoms with van der Waals surface area (Å²) in [6.45, 7) is -0.811. The molecular weight excluding hydrogens is 344 g/mol. The molecule has 8 heteroatoms. The molecule has 3 rings (SSSR count). The maximum atomic E-state index is 12.5. The third-order valence-electron chi connectivity index (χ3n) is 3.57. The molecule has 0 atom stereocenters. The number of aromatic nitrogens is 3. The molecule has 3 aromatic rings. The van der Waals surface area contributed by atoms with Gasteiger partial charge in [-0.05, 0) is 17.7 Å². The molecule has 0 saturated heterocycles. The predicted molar refractivity (Wildman–Crippen MR) is 91.4 cm³/mol. The fourth-order valence-corrected chi connectivity index (χ4v) is 2.45. The Morgan fingerprint density at radius 2 is 1.62 bits per heavy atom. The van der Waals surface area contributed by atoms with Crippen molar-refractivity contribution < 1.29 is 23.0 Å². The van der Waals surface area contributed by atoms with Gasteiger partial charge in [-0.2, -0.15) is 9.97 Å². The summed E-state index contributed by atoms with van der Waals surface area (Å²) in [4.78, 5) is 8.57. The van der Waals surface area contributed by atoms with Crippen LogP contribution in [0.25, 0.3) is 17.2 Å². The first-order valence-corrected chi connectivity index (χ1v) is 7.78. The number of hydrogen-bond donors (Lipinski definition) is 0. The quantitative estimate of drug-likeness (QED) is 0.644. The highest BCUT2D eigenvalue weighted by atomic mass is 19.3. The molecule has 0 aliphatic rings. The van der Waals surface area contributed by atoms with Gasteiger partial charge in [0.05, 0.1) is 19.9 Å². The minimum absolute atomic E-state index is 0.0141. The normalized spacial score (nSPS) is 10.8. The molecule has 0 N–H and O–H groups in total. The largest absolute Gasteiger partial charge is 0.478 e. The molecule has 0 aliphatic carbocycles. The second-order valence-electron chi connectivity index (χ2n) is 5.20. The van der Waals surface area contributed by atoms with Gasteiger partial charge in [0.25, 0.3) is 18.2 Å². The Balaban J connectivity index is 2.06. The van der Waals surface area contributed by atoms with E-state index in [1.165, 1.54) is 14.2 Å². The lowest BCUT2D eigenvalue weighted by Crippen LogP contribution is -2.12. The number of halogens is 2. The number of nitrogens with zero attached hydrogens (tertiary/aromatic N) is 3. The summed E-state index contributed by atoms with van der Waals surface area (Å²) in [5, 5.41) is 0. The smallest absolute Gasteiger partial charge is 0.272 e. The number of methoxy groups -OCH3 is 2. The SMILES string of the molecule is COc1nc(-n2cccc2-c2ccccc2)nc(OC)c1OCC(F)F. The highest BCUT2D eigenvalue weighted by Crippen LogP contribution is 2.35. The second kappa shape index (κ2) is 7.81. The number of alkyl halides is 2. The first-order chi connectivity index (χ1) is 12.6. The van der Waals surface area contributed by atoms with E-state index in [1.54, 1.807) is 10.8 Å². The van der Waals surface area contributed by atoms with Gasteiger partial charge in [0.1, 0.15) is 6.61 Å². The highest BCUT2D eigenvalue weighted by molar-refractivity contribution is 5.62. The van der Waals surface area contributed by atoms with E-state index in [-0.39, 0.29) is 23.5 Å². The molecule has 0 unspecified atom stereocenters. The Labute approximate surface area is 149 Å². The maximum Gasteiger partial charge on any atom is 0.272 e. The fraction of sp³-hybridized carbons (Fsp3) is 0.222. The summed E-state index contributed by atoms with van der Waals surface area (Å²) in [7, 11) is 2.74. The molecule has 2 aromatic heterocycles. The van der Waals surface area contributed by atoms with E-state index in [4.69, 9.17) is 14.2 Å². The van der Waals surface area contributed by atoms with Crippen molar-refractivity contribution in [3.63, 3.8) is 0 Å². The number of hydrogen-bond acceptors (Lipinski definition) is 5. The average molecular weight is 361 g/mol. The van der Waals surface area contributed by atoms with E-state index in [0.29, 0.717) is 0 Å². The third kappa shape index (κ3) is 3.58. The van der Waals surface area contributed by atoms with Gasteiger partial charge in [-0.15, -0.1) is 0 Å². The monoisotopic (exact) mass is 361 g/mol. The zero-order valence-corrected chi connectivity index (χ0v) is 14.2. The molecular formula is C18H17F2N3O3. The van der Waals surface area contributed by atoms with E-state index >= 15 is 0 Å². The maximum absolute atomic E-state index is 12.5. The van der Waals surface area contributed by atoms with Gasteiger partial charge in [0.2, 0.25) is 11.7 Å². The van der Waals surface area contributed by atoms with Crippen LogP contribution in [-0.4, -0.2) is 41.8 Å². The zero-order chi connectivity index (χ0) is 18.5. The molecule has 0 bridgehead atoms. The Morgan fingerprint density at radius 1 is 0.962 bits per heavy atom. The summed E-state index contributed by atoms with van der Waals surface area (Å²) in [5.74, 6) is 0.236. The summed E-state index contributed by atoms with van der Waals surface area (Å²) in [6.07, 6.45) is -0.853. The molecule has 26 heavy (non-hydrogen) atoms. The minimum atomic E-state index is -2.64. The molecule has 0 radical (unpaired) electrons. The molecule has 1 aromatic carbocycles. The lowest BCUT2D eigenvalue weighted by molar-refractivity contribution is 0.0780. The molecule has 0 spiro atoms. The van der Waals surface area contributed by atoms with Crippen molar-refractivity contribution in [3.8, 4) is 34.7 Å². The van der Waals surface area contributed by atoms with Gasteiger partial charge < -0.3 is 14.2 Å². The molecule has 136 valence electrons. The van der Waals surface area contributed by atoms with Crippen LogP contribution in [0.3, 0.4) is 0 Å². The van der Waals surface area contributed by atoms with E-state index in [2.05, 4.69) is 9.97 Å². The van der Waals surface area contributed by atoms with Crippen molar-refractivity contribution >= 4 is 0 Å². The van der Waals surface area contributed by atoms with Crippen molar-refractivity contribution in [3.05, 3.63) is 48.7 Å². The van der Waals surface area contributed by atoms with Crippen molar-refractivity contribution in [2.75, 3.05) is 20.8 Å². The molecule has 6 nitrogen and oxygen atoms in total. The lowest BCUT2D eigenvalue weighted by atomic mass is 10.1. The summed E-state index contributed by atoms with van der Waals surface area (Å²) in [6, 6.07) is 13.5. The van der Waals surface area contributed by atoms with Crippen LogP contribution in [0.2, 0.25) is 0 Å². The van der Waals surface area contributed by atoms with Crippen molar-refractivity contribution in [2.45, 2.75) is 6.43 Å². The van der Waals surface area contributed by atoms with Crippen LogP contribution >= 0.6 is 0 Å². The van der Waals surface area contributed by atoms with E-state index < -0.39 is 13.0 Å². The van der Waals surface area contributed by atoms with Crippen LogP contribution in [0.5, 0.6) is 17.5 Å². The van der Waals surface area contributed by atoms with Crippen molar-refractivity contribution in [2.24, 2.45) is 0 Å². The van der Waals surface area contributed by atoms with E-state index in [1.807, 2.05) is 42.5 Å². The highest BCUT2D eigenvalue weighted by Gasteiger charge is 2.21. The summed E-state index contributed by atoms with van der Waals surface area (Å²) < 4.78 is 42.2. The third-order valence-corrected chi connectivity index (χ3v) is 3.57. The Kier molecular flexibility index (Phi) is 5.31. The van der Waals surface area contributed by atoms with Crippen LogP contribution in [0.4, 0.5) is 8.78 Å².